The van der Waals surface area contributed by atoms with Crippen molar-refractivity contribution >= 4 is 0 Å². The van der Waals surface area contributed by atoms with Crippen LogP contribution in [0.4, 0.5) is 4.39 Å². The van der Waals surface area contributed by atoms with E-state index in [1.165, 1.54) is 0 Å². The Morgan fingerprint density at radius 3 is 2.71 bits per heavy atom. The van der Waals surface area contributed by atoms with Crippen LogP contribution >= 0.6 is 0 Å². The van der Waals surface area contributed by atoms with Crippen LogP contribution in [-0.4, -0.2) is 11.5 Å². The van der Waals surface area contributed by atoms with E-state index in [1.54, 1.807) is 0 Å². The Hall–Kier alpha value is -0.150. The number of ether oxygens (including phenoxy) is 1. The fourth-order valence-electron chi connectivity index (χ4n) is 0.502. The minimum atomic E-state index is -1.26. The van der Waals surface area contributed by atoms with Gasteiger partial charge in [0.1, 0.15) is 0 Å². The van der Waals surface area contributed by atoms with Crippen LogP contribution in [-0.2, 0) is 4.74 Å². The predicted octanol–water partition coefficient (Wildman–Crippen LogP) is 0.954. The smallest absolute Gasteiger partial charge is 0.223 e. The van der Waals surface area contributed by atoms with Crippen LogP contribution < -0.4 is 0 Å². The van der Waals surface area contributed by atoms with Crippen LogP contribution in [0.3, 0.4) is 0 Å². The molecule has 0 saturated carbocycles. The summed E-state index contributed by atoms with van der Waals surface area (Å²) in [7, 11) is 0. The Morgan fingerprint density at radius 2 is 2.57 bits per heavy atom. The first-order valence-electron chi connectivity index (χ1n) is 2.14. The Morgan fingerprint density at radius 1 is 1.86 bits per heavy atom. The first kappa shape index (κ1) is 5.00. The van der Waals surface area contributed by atoms with Crippen molar-refractivity contribution in [3.63, 3.8) is 0 Å². The maximum absolute atomic E-state index is 11.8. The van der Waals surface area contributed by atoms with Crippen molar-refractivity contribution < 1.29 is 14.2 Å². The van der Waals surface area contributed by atoms with Crippen molar-refractivity contribution in [3.8, 4) is 0 Å². The second-order valence-electron chi connectivity index (χ2n) is 1.46. The van der Waals surface area contributed by atoms with Gasteiger partial charge in [0.05, 0.1) is 0 Å². The van der Waals surface area contributed by atoms with Gasteiger partial charge in [-0.2, -0.15) is 0 Å². The van der Waals surface area contributed by atoms with E-state index in [4.69, 9.17) is 5.11 Å². The molecule has 1 aliphatic rings. The largest absolute Gasteiger partial charge is 0.361 e. The average Bonchev–Trinajstić information content (AvgIpc) is 1.87. The lowest BCUT2D eigenvalue weighted by atomic mass is 10.4. The molecule has 0 spiro atoms. The molecular formula is C4H6FO2. The Kier molecular flexibility index (Phi) is 1.25. The predicted molar refractivity (Wildman–Crippen MR) is 20.4 cm³/mol. The normalized spacial score (nSPS) is 34.3. The molecule has 1 heterocycles. The summed E-state index contributed by atoms with van der Waals surface area (Å²) in [6.45, 7) is 0. The Bertz CT molecular complexity index is 58.7. The van der Waals surface area contributed by atoms with Crippen LogP contribution in [0.15, 0.2) is 0 Å². The minimum Gasteiger partial charge on any atom is -0.361 e. The zero-order chi connectivity index (χ0) is 5.28. The van der Waals surface area contributed by atoms with Gasteiger partial charge in [-0.15, -0.1) is 0 Å². The molecule has 1 rings (SSSR count). The number of aliphatic hydroxyl groups is 1. The second kappa shape index (κ2) is 1.76. The first-order valence-corrected chi connectivity index (χ1v) is 2.14. The first-order chi connectivity index (χ1) is 3.29. The number of aliphatic hydroxyl groups excluding tert-OH is 1. The zero-order valence-corrected chi connectivity index (χ0v) is 3.72. The van der Waals surface area contributed by atoms with Crippen LogP contribution in [0, 0.1) is 6.29 Å². The fourth-order valence-corrected chi connectivity index (χ4v) is 0.502. The summed E-state index contributed by atoms with van der Waals surface area (Å²) in [6, 6.07) is 0. The van der Waals surface area contributed by atoms with Gasteiger partial charge in [0.15, 0.2) is 0 Å². The van der Waals surface area contributed by atoms with E-state index in [0.29, 0.717) is 12.8 Å². The van der Waals surface area contributed by atoms with Gasteiger partial charge in [0.2, 0.25) is 12.6 Å². The third kappa shape index (κ3) is 1.11. The van der Waals surface area contributed by atoms with Gasteiger partial charge >= 0.3 is 0 Å². The molecule has 41 valence electrons. The van der Waals surface area contributed by atoms with E-state index in [2.05, 4.69) is 4.74 Å². The quantitative estimate of drug-likeness (QED) is 0.497. The molecule has 3 heteroatoms. The highest BCUT2D eigenvalue weighted by molar-refractivity contribution is 4.70. The topological polar surface area (TPSA) is 29.5 Å². The molecule has 0 aromatic rings. The van der Waals surface area contributed by atoms with Crippen molar-refractivity contribution in [1.29, 1.82) is 0 Å². The van der Waals surface area contributed by atoms with Crippen LogP contribution in [0.5, 0.6) is 0 Å². The molecule has 0 aromatic heterocycles. The Labute approximate surface area is 40.9 Å². The van der Waals surface area contributed by atoms with E-state index < -0.39 is 6.36 Å². The summed E-state index contributed by atoms with van der Waals surface area (Å²) in [4.78, 5) is 0. The average molecular weight is 105 g/mol. The molecule has 2 nitrogen and oxygen atoms in total. The SMILES string of the molecule is O[C]1CCC(F)O1. The molecule has 0 amide bonds. The molecular weight excluding hydrogens is 99.0 g/mol. The maximum Gasteiger partial charge on any atom is 0.223 e. The zero-order valence-electron chi connectivity index (χ0n) is 3.72. The third-order valence-electron chi connectivity index (χ3n) is 0.849. The lowest BCUT2D eigenvalue weighted by molar-refractivity contribution is -0.0542. The van der Waals surface area contributed by atoms with Crippen molar-refractivity contribution in [1.82, 2.24) is 0 Å². The number of hydrogen-bond acceptors (Lipinski definition) is 2. The van der Waals surface area contributed by atoms with E-state index in [-0.39, 0.29) is 6.29 Å². The highest BCUT2D eigenvalue weighted by Gasteiger charge is 2.23. The molecule has 1 unspecified atom stereocenters. The van der Waals surface area contributed by atoms with Crippen LogP contribution in [0.2, 0.25) is 0 Å². The van der Waals surface area contributed by atoms with E-state index >= 15 is 0 Å². The fraction of sp³-hybridized carbons (Fsp3) is 0.750. The minimum absolute atomic E-state index is 0.174. The van der Waals surface area contributed by atoms with Gasteiger partial charge in [-0.1, -0.05) is 0 Å². The molecule has 1 N–H and O–H groups in total. The molecule has 1 radical (unpaired) electrons. The van der Waals surface area contributed by atoms with Crippen molar-refractivity contribution in [2.75, 3.05) is 0 Å². The van der Waals surface area contributed by atoms with Gasteiger partial charge in [-0.25, -0.2) is 4.39 Å². The summed E-state index contributed by atoms with van der Waals surface area (Å²) >= 11 is 0. The number of hydrogen-bond donors (Lipinski definition) is 1. The lowest BCUT2D eigenvalue weighted by Gasteiger charge is -1.95. The van der Waals surface area contributed by atoms with Crippen molar-refractivity contribution in [2.24, 2.45) is 0 Å². The van der Waals surface area contributed by atoms with Crippen LogP contribution in [0.25, 0.3) is 0 Å². The molecule has 1 fully saturated rings. The summed E-state index contributed by atoms with van der Waals surface area (Å²) < 4.78 is 15.9. The molecule has 0 bridgehead atoms. The molecule has 1 saturated heterocycles. The summed E-state index contributed by atoms with van der Waals surface area (Å²) in [5.74, 6) is 0. The second-order valence-corrected chi connectivity index (χ2v) is 1.46. The van der Waals surface area contributed by atoms with Crippen LogP contribution in [0.1, 0.15) is 12.8 Å². The summed E-state index contributed by atoms with van der Waals surface area (Å²) in [5.41, 5.74) is 0. The monoisotopic (exact) mass is 105 g/mol. The molecule has 0 aliphatic carbocycles. The van der Waals surface area contributed by atoms with E-state index in [1.807, 2.05) is 0 Å². The van der Waals surface area contributed by atoms with E-state index in [9.17, 15) is 4.39 Å². The Balaban J connectivity index is 2.26. The van der Waals surface area contributed by atoms with E-state index in [0.717, 1.165) is 0 Å². The molecule has 7 heavy (non-hydrogen) atoms. The molecule has 1 aliphatic heterocycles. The third-order valence-corrected chi connectivity index (χ3v) is 0.849. The highest BCUT2D eigenvalue weighted by Crippen LogP contribution is 2.22. The van der Waals surface area contributed by atoms with Crippen molar-refractivity contribution in [2.45, 2.75) is 19.2 Å². The standard InChI is InChI=1S/C4H6FO2/c5-3-1-2-4(6)7-3/h3,6H,1-2H2. The summed E-state index contributed by atoms with van der Waals surface area (Å²) in [5, 5.41) is 8.35. The van der Waals surface area contributed by atoms with Gasteiger partial charge in [0, 0.05) is 12.8 Å². The molecule has 0 aromatic carbocycles. The van der Waals surface area contributed by atoms with Gasteiger partial charge in [0.25, 0.3) is 0 Å². The number of halogens is 1. The van der Waals surface area contributed by atoms with Gasteiger partial charge in [-0.3, -0.25) is 0 Å². The molecule has 1 atom stereocenters. The highest BCUT2D eigenvalue weighted by atomic mass is 19.1. The number of rotatable bonds is 0. The summed E-state index contributed by atoms with van der Waals surface area (Å²) in [6.07, 6.45) is -0.792. The van der Waals surface area contributed by atoms with Gasteiger partial charge < -0.3 is 9.84 Å². The maximum atomic E-state index is 11.8. The lowest BCUT2D eigenvalue weighted by Crippen LogP contribution is -1.96. The number of alkyl halides is 1. The van der Waals surface area contributed by atoms with Gasteiger partial charge in [-0.05, 0) is 0 Å². The van der Waals surface area contributed by atoms with Crippen molar-refractivity contribution in [3.05, 3.63) is 6.29 Å².